The SMILES string of the molecule is Cn1c(Nc2ccc(Br)cc2)nc2cc(Oc3ccnc(C(=O)NCCN)c3)ccc21. The number of hydrogen-bond acceptors (Lipinski definition) is 6. The van der Waals surface area contributed by atoms with Crippen molar-refractivity contribution in [3.8, 4) is 11.5 Å². The summed E-state index contributed by atoms with van der Waals surface area (Å²) in [6.07, 6.45) is 1.53. The van der Waals surface area contributed by atoms with Crippen LogP contribution in [0.3, 0.4) is 0 Å². The minimum atomic E-state index is -0.292. The van der Waals surface area contributed by atoms with Gasteiger partial charge in [-0.1, -0.05) is 15.9 Å². The summed E-state index contributed by atoms with van der Waals surface area (Å²) in [5.74, 6) is 1.55. The molecule has 4 rings (SSSR count). The van der Waals surface area contributed by atoms with Crippen LogP contribution >= 0.6 is 15.9 Å². The Bertz CT molecular complexity index is 1220. The highest BCUT2D eigenvalue weighted by atomic mass is 79.9. The van der Waals surface area contributed by atoms with Gasteiger partial charge in [0.2, 0.25) is 5.95 Å². The number of amides is 1. The van der Waals surface area contributed by atoms with Crippen molar-refractivity contribution in [2.75, 3.05) is 18.4 Å². The van der Waals surface area contributed by atoms with Crippen LogP contribution in [-0.2, 0) is 7.05 Å². The minimum absolute atomic E-state index is 0.269. The fourth-order valence-corrected chi connectivity index (χ4v) is 3.29. The Labute approximate surface area is 187 Å². The highest BCUT2D eigenvalue weighted by Crippen LogP contribution is 2.28. The standard InChI is InChI=1S/C22H21BrN6O2/c1-29-20-7-6-16(31-17-8-10-25-19(13-17)21(30)26-11-9-24)12-18(20)28-22(29)27-15-4-2-14(23)3-5-15/h2-8,10,12-13H,9,11,24H2,1H3,(H,26,30)(H,27,28). The third kappa shape index (κ3) is 4.84. The largest absolute Gasteiger partial charge is 0.457 e. The van der Waals surface area contributed by atoms with E-state index < -0.39 is 0 Å². The van der Waals surface area contributed by atoms with Gasteiger partial charge in [0.1, 0.15) is 17.2 Å². The maximum atomic E-state index is 12.1. The molecule has 0 spiro atoms. The lowest BCUT2D eigenvalue weighted by Crippen LogP contribution is -2.29. The maximum absolute atomic E-state index is 12.1. The van der Waals surface area contributed by atoms with Crippen molar-refractivity contribution >= 4 is 44.5 Å². The van der Waals surface area contributed by atoms with Gasteiger partial charge in [-0.15, -0.1) is 0 Å². The molecule has 4 N–H and O–H groups in total. The Hall–Kier alpha value is -3.43. The zero-order chi connectivity index (χ0) is 21.8. The van der Waals surface area contributed by atoms with E-state index in [4.69, 9.17) is 10.5 Å². The first-order valence-electron chi connectivity index (χ1n) is 9.65. The van der Waals surface area contributed by atoms with E-state index in [1.807, 2.05) is 54.1 Å². The van der Waals surface area contributed by atoms with E-state index >= 15 is 0 Å². The molecule has 0 fully saturated rings. The number of hydrogen-bond donors (Lipinski definition) is 3. The second kappa shape index (κ2) is 9.15. The minimum Gasteiger partial charge on any atom is -0.457 e. The molecule has 0 unspecified atom stereocenters. The Morgan fingerprint density at radius 3 is 2.68 bits per heavy atom. The number of nitrogens with one attached hydrogen (secondary N) is 2. The first-order chi connectivity index (χ1) is 15.0. The Morgan fingerprint density at radius 1 is 1.13 bits per heavy atom. The maximum Gasteiger partial charge on any atom is 0.270 e. The van der Waals surface area contributed by atoms with E-state index in [1.54, 1.807) is 12.1 Å². The zero-order valence-corrected chi connectivity index (χ0v) is 18.4. The first kappa shape index (κ1) is 20.8. The van der Waals surface area contributed by atoms with Gasteiger partial charge in [0, 0.05) is 48.6 Å². The Kier molecular flexibility index (Phi) is 6.15. The van der Waals surface area contributed by atoms with Crippen LogP contribution in [0.5, 0.6) is 11.5 Å². The van der Waals surface area contributed by atoms with Gasteiger partial charge in [-0.3, -0.25) is 9.78 Å². The van der Waals surface area contributed by atoms with Crippen molar-refractivity contribution in [3.63, 3.8) is 0 Å². The number of anilines is 2. The molecule has 0 atom stereocenters. The van der Waals surface area contributed by atoms with Crippen LogP contribution in [-0.4, -0.2) is 33.5 Å². The number of fused-ring (bicyclic) bond motifs is 1. The van der Waals surface area contributed by atoms with Crippen molar-refractivity contribution in [1.29, 1.82) is 0 Å². The van der Waals surface area contributed by atoms with E-state index in [9.17, 15) is 4.79 Å². The molecule has 0 saturated carbocycles. The summed E-state index contributed by atoms with van der Waals surface area (Å²) in [5, 5.41) is 6.01. The molecule has 0 radical (unpaired) electrons. The number of pyridine rings is 1. The fraction of sp³-hybridized carbons (Fsp3) is 0.136. The van der Waals surface area contributed by atoms with Crippen LogP contribution in [0.2, 0.25) is 0 Å². The van der Waals surface area contributed by atoms with E-state index in [-0.39, 0.29) is 11.6 Å². The number of aromatic nitrogens is 3. The summed E-state index contributed by atoms with van der Waals surface area (Å²) in [6.45, 7) is 0.753. The third-order valence-electron chi connectivity index (χ3n) is 4.58. The van der Waals surface area contributed by atoms with E-state index in [0.717, 1.165) is 27.1 Å². The molecule has 9 heteroatoms. The molecule has 0 aliphatic rings. The molecule has 4 aromatic rings. The summed E-state index contributed by atoms with van der Waals surface area (Å²) in [4.78, 5) is 20.9. The van der Waals surface area contributed by atoms with E-state index in [2.05, 4.69) is 36.5 Å². The summed E-state index contributed by atoms with van der Waals surface area (Å²) in [6, 6.07) is 16.8. The predicted octanol–water partition coefficient (Wildman–Crippen LogP) is 3.96. The molecule has 0 saturated heterocycles. The van der Waals surface area contributed by atoms with Crippen LogP contribution in [0.15, 0.2) is 65.3 Å². The monoisotopic (exact) mass is 480 g/mol. The molecule has 0 aliphatic carbocycles. The molecular weight excluding hydrogens is 460 g/mol. The zero-order valence-electron chi connectivity index (χ0n) is 16.8. The number of nitrogens with zero attached hydrogens (tertiary/aromatic N) is 3. The van der Waals surface area contributed by atoms with Crippen molar-refractivity contribution < 1.29 is 9.53 Å². The van der Waals surface area contributed by atoms with Gasteiger partial charge in [0.15, 0.2) is 0 Å². The van der Waals surface area contributed by atoms with Gasteiger partial charge < -0.3 is 25.7 Å². The highest BCUT2D eigenvalue weighted by Gasteiger charge is 2.11. The molecule has 0 aliphatic heterocycles. The Balaban J connectivity index is 1.54. The lowest BCUT2D eigenvalue weighted by Gasteiger charge is -2.08. The molecule has 0 bridgehead atoms. The number of aryl methyl sites for hydroxylation is 1. The van der Waals surface area contributed by atoms with Gasteiger partial charge >= 0.3 is 0 Å². The molecular formula is C22H21BrN6O2. The van der Waals surface area contributed by atoms with Gasteiger partial charge in [0.05, 0.1) is 11.0 Å². The quantitative estimate of drug-likeness (QED) is 0.369. The molecule has 158 valence electrons. The summed E-state index contributed by atoms with van der Waals surface area (Å²) >= 11 is 3.44. The lowest BCUT2D eigenvalue weighted by atomic mass is 10.3. The Morgan fingerprint density at radius 2 is 1.90 bits per heavy atom. The van der Waals surface area contributed by atoms with Crippen molar-refractivity contribution in [3.05, 3.63) is 71.0 Å². The van der Waals surface area contributed by atoms with Gasteiger partial charge in [-0.05, 0) is 42.5 Å². The summed E-state index contributed by atoms with van der Waals surface area (Å²) < 4.78 is 8.94. The normalized spacial score (nSPS) is 10.8. The lowest BCUT2D eigenvalue weighted by molar-refractivity contribution is 0.0949. The predicted molar refractivity (Wildman–Crippen MR) is 124 cm³/mol. The summed E-state index contributed by atoms with van der Waals surface area (Å²) in [7, 11) is 1.95. The molecule has 2 aromatic carbocycles. The van der Waals surface area contributed by atoms with Gasteiger partial charge in [-0.25, -0.2) is 4.98 Å². The van der Waals surface area contributed by atoms with E-state index in [0.29, 0.717) is 24.6 Å². The van der Waals surface area contributed by atoms with Gasteiger partial charge in [0.25, 0.3) is 5.91 Å². The second-order valence-electron chi connectivity index (χ2n) is 6.80. The van der Waals surface area contributed by atoms with Crippen LogP contribution in [0.4, 0.5) is 11.6 Å². The average molecular weight is 481 g/mol. The van der Waals surface area contributed by atoms with E-state index in [1.165, 1.54) is 6.20 Å². The van der Waals surface area contributed by atoms with Crippen LogP contribution in [0.25, 0.3) is 11.0 Å². The number of ether oxygens (including phenoxy) is 1. The first-order valence-corrected chi connectivity index (χ1v) is 10.4. The fourth-order valence-electron chi connectivity index (χ4n) is 3.03. The molecule has 8 nitrogen and oxygen atoms in total. The van der Waals surface area contributed by atoms with Crippen molar-refractivity contribution in [2.45, 2.75) is 0 Å². The molecule has 2 aromatic heterocycles. The number of imidazole rings is 1. The van der Waals surface area contributed by atoms with Crippen LogP contribution < -0.4 is 21.1 Å². The topological polar surface area (TPSA) is 107 Å². The highest BCUT2D eigenvalue weighted by molar-refractivity contribution is 9.10. The summed E-state index contributed by atoms with van der Waals surface area (Å²) in [5.41, 5.74) is 8.38. The molecule has 31 heavy (non-hydrogen) atoms. The smallest absolute Gasteiger partial charge is 0.270 e. The third-order valence-corrected chi connectivity index (χ3v) is 5.11. The van der Waals surface area contributed by atoms with Crippen molar-refractivity contribution in [1.82, 2.24) is 19.9 Å². The molecule has 2 heterocycles. The second-order valence-corrected chi connectivity index (χ2v) is 7.72. The van der Waals surface area contributed by atoms with Gasteiger partial charge in [-0.2, -0.15) is 0 Å². The average Bonchev–Trinajstić information content (AvgIpc) is 3.08. The molecule has 1 amide bonds. The number of rotatable bonds is 7. The number of nitrogens with two attached hydrogens (primary N) is 1. The number of benzene rings is 2. The van der Waals surface area contributed by atoms with Crippen LogP contribution in [0, 0.1) is 0 Å². The number of carbonyl (C=O) groups excluding carboxylic acids is 1. The van der Waals surface area contributed by atoms with Crippen molar-refractivity contribution in [2.24, 2.45) is 12.8 Å². The number of carbonyl (C=O) groups is 1. The number of halogens is 1. The van der Waals surface area contributed by atoms with Crippen LogP contribution in [0.1, 0.15) is 10.5 Å².